The number of hydrogen-bond donors (Lipinski definition) is 1. The molecule has 2 aliphatic rings. The lowest BCUT2D eigenvalue weighted by Crippen LogP contribution is -2.42. The SMILES string of the molecule is COc1ccc(S(=O)(=O)N2CCC[C@H]2C(=O)OCC(=O)NC2CC2)cc1. The molecule has 1 amide bonds. The zero-order chi connectivity index (χ0) is 18.7. The molecule has 3 rings (SSSR count). The summed E-state index contributed by atoms with van der Waals surface area (Å²) in [5.74, 6) is -0.503. The third-order valence-electron chi connectivity index (χ3n) is 4.43. The number of nitrogens with zero attached hydrogens (tertiary/aromatic N) is 1. The summed E-state index contributed by atoms with van der Waals surface area (Å²) in [6.45, 7) is -0.148. The molecule has 142 valence electrons. The molecule has 1 N–H and O–H groups in total. The van der Waals surface area contributed by atoms with Crippen LogP contribution in [0, 0.1) is 0 Å². The fourth-order valence-electron chi connectivity index (χ4n) is 2.88. The second-order valence-corrected chi connectivity index (χ2v) is 8.29. The quantitative estimate of drug-likeness (QED) is 0.696. The number of sulfonamides is 1. The Morgan fingerprint density at radius 3 is 2.50 bits per heavy atom. The van der Waals surface area contributed by atoms with Crippen LogP contribution in [-0.4, -0.2) is 56.9 Å². The van der Waals surface area contributed by atoms with Crippen molar-refractivity contribution in [2.75, 3.05) is 20.3 Å². The lowest BCUT2D eigenvalue weighted by molar-refractivity contribution is -0.151. The minimum Gasteiger partial charge on any atom is -0.497 e. The first-order valence-electron chi connectivity index (χ1n) is 8.53. The molecule has 2 fully saturated rings. The van der Waals surface area contributed by atoms with Gasteiger partial charge in [0.1, 0.15) is 11.8 Å². The molecule has 1 atom stereocenters. The van der Waals surface area contributed by atoms with E-state index in [1.165, 1.54) is 19.2 Å². The van der Waals surface area contributed by atoms with Gasteiger partial charge in [-0.25, -0.2) is 8.42 Å². The monoisotopic (exact) mass is 382 g/mol. The first-order chi connectivity index (χ1) is 12.4. The maximum absolute atomic E-state index is 12.8. The van der Waals surface area contributed by atoms with Gasteiger partial charge in [-0.1, -0.05) is 0 Å². The molecule has 0 unspecified atom stereocenters. The summed E-state index contributed by atoms with van der Waals surface area (Å²) in [7, 11) is -2.33. The van der Waals surface area contributed by atoms with Crippen LogP contribution in [0.3, 0.4) is 0 Å². The summed E-state index contributed by atoms with van der Waals surface area (Å²) in [6, 6.07) is 5.27. The van der Waals surface area contributed by atoms with E-state index in [0.29, 0.717) is 18.6 Å². The Bertz CT molecular complexity index is 773. The van der Waals surface area contributed by atoms with E-state index in [0.717, 1.165) is 17.1 Å². The zero-order valence-electron chi connectivity index (χ0n) is 14.5. The summed E-state index contributed by atoms with van der Waals surface area (Å²) < 4.78 is 36.9. The van der Waals surface area contributed by atoms with Gasteiger partial charge in [-0.15, -0.1) is 0 Å². The molecule has 0 bridgehead atoms. The van der Waals surface area contributed by atoms with Crippen molar-refractivity contribution in [2.45, 2.75) is 42.7 Å². The number of carbonyl (C=O) groups excluding carboxylic acids is 2. The van der Waals surface area contributed by atoms with E-state index in [9.17, 15) is 18.0 Å². The maximum atomic E-state index is 12.8. The Morgan fingerprint density at radius 2 is 1.88 bits per heavy atom. The van der Waals surface area contributed by atoms with Crippen molar-refractivity contribution in [3.8, 4) is 5.75 Å². The van der Waals surface area contributed by atoms with Gasteiger partial charge < -0.3 is 14.8 Å². The Balaban J connectivity index is 1.65. The Kier molecular flexibility index (Phi) is 5.47. The molecule has 1 aromatic carbocycles. The number of rotatable bonds is 7. The van der Waals surface area contributed by atoms with Crippen molar-refractivity contribution < 1.29 is 27.5 Å². The average molecular weight is 382 g/mol. The standard InChI is InChI=1S/C17H22N2O6S/c1-24-13-6-8-14(9-7-13)26(22,23)19-10-2-3-15(19)17(21)25-11-16(20)18-12-4-5-12/h6-9,12,15H,2-5,10-11H2,1H3,(H,18,20)/t15-/m0/s1. The number of hydrogen-bond acceptors (Lipinski definition) is 6. The van der Waals surface area contributed by atoms with Gasteiger partial charge in [0.15, 0.2) is 6.61 Å². The van der Waals surface area contributed by atoms with Crippen LogP contribution >= 0.6 is 0 Å². The number of amides is 1. The van der Waals surface area contributed by atoms with Crippen molar-refractivity contribution in [3.05, 3.63) is 24.3 Å². The molecule has 0 radical (unpaired) electrons. The van der Waals surface area contributed by atoms with E-state index in [4.69, 9.17) is 9.47 Å². The molecule has 9 heteroatoms. The van der Waals surface area contributed by atoms with Gasteiger partial charge in [0, 0.05) is 12.6 Å². The van der Waals surface area contributed by atoms with Crippen LogP contribution < -0.4 is 10.1 Å². The number of carbonyl (C=O) groups is 2. The smallest absolute Gasteiger partial charge is 0.324 e. The maximum Gasteiger partial charge on any atom is 0.324 e. The third-order valence-corrected chi connectivity index (χ3v) is 6.35. The number of ether oxygens (including phenoxy) is 2. The molecular weight excluding hydrogens is 360 g/mol. The van der Waals surface area contributed by atoms with Gasteiger partial charge in [-0.2, -0.15) is 4.31 Å². The minimum atomic E-state index is -3.83. The van der Waals surface area contributed by atoms with E-state index in [1.807, 2.05) is 0 Å². The van der Waals surface area contributed by atoms with Crippen LogP contribution in [0.2, 0.25) is 0 Å². The predicted molar refractivity (Wildman–Crippen MR) is 92.0 cm³/mol. The predicted octanol–water partition coefficient (Wildman–Crippen LogP) is 0.670. The third kappa shape index (κ3) is 4.16. The summed E-state index contributed by atoms with van der Waals surface area (Å²) in [5, 5.41) is 2.72. The minimum absolute atomic E-state index is 0.0875. The lowest BCUT2D eigenvalue weighted by atomic mass is 10.2. The highest BCUT2D eigenvalue weighted by Crippen LogP contribution is 2.28. The first kappa shape index (κ1) is 18.7. The molecule has 1 aliphatic heterocycles. The summed E-state index contributed by atoms with van der Waals surface area (Å²) in [4.78, 5) is 24.0. The van der Waals surface area contributed by atoms with Gasteiger partial charge >= 0.3 is 5.97 Å². The number of esters is 1. The second kappa shape index (κ2) is 7.63. The Hall–Kier alpha value is -2.13. The van der Waals surface area contributed by atoms with Gasteiger partial charge in [0.05, 0.1) is 12.0 Å². The highest BCUT2D eigenvalue weighted by molar-refractivity contribution is 7.89. The molecule has 0 aromatic heterocycles. The largest absolute Gasteiger partial charge is 0.497 e. The van der Waals surface area contributed by atoms with Crippen LogP contribution in [-0.2, 0) is 24.3 Å². The summed E-state index contributed by atoms with van der Waals surface area (Å²) >= 11 is 0. The van der Waals surface area contributed by atoms with Crippen LogP contribution in [0.25, 0.3) is 0 Å². The van der Waals surface area contributed by atoms with E-state index in [-0.39, 0.29) is 30.0 Å². The van der Waals surface area contributed by atoms with Crippen molar-refractivity contribution in [2.24, 2.45) is 0 Å². The van der Waals surface area contributed by atoms with Gasteiger partial charge in [-0.05, 0) is 49.9 Å². The Morgan fingerprint density at radius 1 is 1.19 bits per heavy atom. The lowest BCUT2D eigenvalue weighted by Gasteiger charge is -2.22. The van der Waals surface area contributed by atoms with Crippen molar-refractivity contribution >= 4 is 21.9 Å². The highest BCUT2D eigenvalue weighted by atomic mass is 32.2. The normalized spacial score (nSPS) is 20.6. The van der Waals surface area contributed by atoms with E-state index in [1.54, 1.807) is 12.1 Å². The number of benzene rings is 1. The molecule has 1 aromatic rings. The fourth-order valence-corrected chi connectivity index (χ4v) is 4.52. The van der Waals surface area contributed by atoms with Gasteiger partial charge in [0.2, 0.25) is 10.0 Å². The molecule has 1 saturated carbocycles. The average Bonchev–Trinajstić information content (AvgIpc) is 3.30. The van der Waals surface area contributed by atoms with Gasteiger partial charge in [0.25, 0.3) is 5.91 Å². The summed E-state index contributed by atoms with van der Waals surface area (Å²) in [5.41, 5.74) is 0. The molecule has 1 saturated heterocycles. The second-order valence-electron chi connectivity index (χ2n) is 6.40. The van der Waals surface area contributed by atoms with Crippen LogP contribution in [0.5, 0.6) is 5.75 Å². The molecule has 1 aliphatic carbocycles. The highest BCUT2D eigenvalue weighted by Gasteiger charge is 2.40. The van der Waals surface area contributed by atoms with Crippen molar-refractivity contribution in [1.82, 2.24) is 9.62 Å². The van der Waals surface area contributed by atoms with Crippen LogP contribution in [0.1, 0.15) is 25.7 Å². The van der Waals surface area contributed by atoms with Crippen LogP contribution in [0.4, 0.5) is 0 Å². The number of methoxy groups -OCH3 is 1. The molecule has 0 spiro atoms. The zero-order valence-corrected chi connectivity index (χ0v) is 15.3. The van der Waals surface area contributed by atoms with Gasteiger partial charge in [-0.3, -0.25) is 9.59 Å². The van der Waals surface area contributed by atoms with E-state index < -0.39 is 22.0 Å². The first-order valence-corrected chi connectivity index (χ1v) is 9.97. The molecule has 26 heavy (non-hydrogen) atoms. The van der Waals surface area contributed by atoms with E-state index >= 15 is 0 Å². The Labute approximate surface area is 152 Å². The summed E-state index contributed by atoms with van der Waals surface area (Å²) in [6.07, 6.45) is 2.81. The molecule has 1 heterocycles. The van der Waals surface area contributed by atoms with Crippen LogP contribution in [0.15, 0.2) is 29.2 Å². The number of nitrogens with one attached hydrogen (secondary N) is 1. The molecule has 8 nitrogen and oxygen atoms in total. The fraction of sp³-hybridized carbons (Fsp3) is 0.529. The van der Waals surface area contributed by atoms with Crippen molar-refractivity contribution in [3.63, 3.8) is 0 Å². The van der Waals surface area contributed by atoms with E-state index in [2.05, 4.69) is 5.32 Å². The van der Waals surface area contributed by atoms with Crippen molar-refractivity contribution in [1.29, 1.82) is 0 Å². The topological polar surface area (TPSA) is 102 Å². The molecular formula is C17H22N2O6S.